The number of rotatable bonds is 6. The maximum Gasteiger partial charge on any atom is 0.191 e. The first kappa shape index (κ1) is 20.7. The van der Waals surface area contributed by atoms with Crippen molar-refractivity contribution in [3.8, 4) is 5.75 Å². The molecule has 7 heteroatoms. The lowest BCUT2D eigenvalue weighted by Crippen LogP contribution is -2.50. The van der Waals surface area contributed by atoms with Gasteiger partial charge in [-0.15, -0.1) is 0 Å². The molecular weight excluding hydrogens is 376 g/mol. The Morgan fingerprint density at radius 2 is 2.17 bits per heavy atom. The predicted molar refractivity (Wildman–Crippen MR) is 119 cm³/mol. The summed E-state index contributed by atoms with van der Waals surface area (Å²) in [7, 11) is 3.58. The van der Waals surface area contributed by atoms with Crippen LogP contribution in [-0.2, 0) is 24.8 Å². The number of hydrogen-bond acceptors (Lipinski definition) is 4. The average Bonchev–Trinajstić information content (AvgIpc) is 3.43. The summed E-state index contributed by atoms with van der Waals surface area (Å²) in [6.45, 7) is 3.81. The van der Waals surface area contributed by atoms with Gasteiger partial charge in [0, 0.05) is 37.9 Å². The van der Waals surface area contributed by atoms with Crippen LogP contribution in [0.2, 0.25) is 0 Å². The van der Waals surface area contributed by atoms with Crippen LogP contribution < -0.4 is 15.4 Å². The highest BCUT2D eigenvalue weighted by Gasteiger charge is 2.36. The van der Waals surface area contributed by atoms with Gasteiger partial charge in [-0.25, -0.2) is 9.67 Å². The first-order valence-corrected chi connectivity index (χ1v) is 11.2. The van der Waals surface area contributed by atoms with Crippen molar-refractivity contribution in [1.82, 2.24) is 25.4 Å². The smallest absolute Gasteiger partial charge is 0.191 e. The van der Waals surface area contributed by atoms with Gasteiger partial charge in [0.05, 0.1) is 13.7 Å². The molecule has 1 aliphatic carbocycles. The van der Waals surface area contributed by atoms with Gasteiger partial charge in [-0.05, 0) is 37.0 Å². The Kier molecular flexibility index (Phi) is 6.25. The first-order valence-electron chi connectivity index (χ1n) is 11.2. The van der Waals surface area contributed by atoms with Crippen LogP contribution >= 0.6 is 0 Å². The van der Waals surface area contributed by atoms with Crippen molar-refractivity contribution in [3.63, 3.8) is 0 Å². The number of nitrogens with one attached hydrogen (secondary N) is 2. The molecule has 1 fully saturated rings. The number of ether oxygens (including phenoxy) is 1. The molecule has 2 aliphatic rings. The highest BCUT2D eigenvalue weighted by molar-refractivity contribution is 5.80. The quantitative estimate of drug-likeness (QED) is 0.566. The van der Waals surface area contributed by atoms with Gasteiger partial charge in [0.15, 0.2) is 11.8 Å². The Labute approximate surface area is 179 Å². The van der Waals surface area contributed by atoms with Crippen LogP contribution in [0, 0.1) is 0 Å². The minimum atomic E-state index is 0.133. The maximum atomic E-state index is 5.48. The standard InChI is InChI=1S/C23H34N6O/c1-4-20-27-21-11-10-18(15-29(21)28-20)26-22(24-2)25-16-23(12-5-6-13-23)17-8-7-9-19(14-17)30-3/h7-9,14,18H,4-6,10-13,15-16H2,1-3H3,(H2,24,25,26). The monoisotopic (exact) mass is 410 g/mol. The molecule has 2 aromatic rings. The molecule has 1 saturated carbocycles. The molecule has 2 heterocycles. The van der Waals surface area contributed by atoms with Crippen molar-refractivity contribution in [1.29, 1.82) is 0 Å². The second-order valence-electron chi connectivity index (χ2n) is 8.51. The van der Waals surface area contributed by atoms with E-state index in [1.165, 1.54) is 31.2 Å². The third-order valence-corrected chi connectivity index (χ3v) is 6.62. The third-order valence-electron chi connectivity index (χ3n) is 6.62. The Morgan fingerprint density at radius 1 is 1.33 bits per heavy atom. The van der Waals surface area contributed by atoms with Crippen molar-refractivity contribution in [2.75, 3.05) is 20.7 Å². The molecule has 0 bridgehead atoms. The van der Waals surface area contributed by atoms with Crippen LogP contribution in [0.15, 0.2) is 29.3 Å². The van der Waals surface area contributed by atoms with Gasteiger partial charge in [0.25, 0.3) is 0 Å². The lowest BCUT2D eigenvalue weighted by atomic mass is 9.78. The molecule has 1 aromatic heterocycles. The van der Waals surface area contributed by atoms with E-state index in [1.807, 2.05) is 13.1 Å². The van der Waals surface area contributed by atoms with E-state index >= 15 is 0 Å². The van der Waals surface area contributed by atoms with Crippen LogP contribution in [0.3, 0.4) is 0 Å². The number of aliphatic imine (C=N–C) groups is 1. The molecule has 4 rings (SSSR count). The maximum absolute atomic E-state index is 5.48. The minimum Gasteiger partial charge on any atom is -0.497 e. The molecule has 162 valence electrons. The lowest BCUT2D eigenvalue weighted by Gasteiger charge is -2.32. The summed E-state index contributed by atoms with van der Waals surface area (Å²) in [6.07, 6.45) is 7.79. The fourth-order valence-corrected chi connectivity index (χ4v) is 4.84. The van der Waals surface area contributed by atoms with E-state index in [1.54, 1.807) is 7.11 Å². The molecule has 0 spiro atoms. The summed E-state index contributed by atoms with van der Waals surface area (Å²) < 4.78 is 7.53. The Balaban J connectivity index is 1.41. The van der Waals surface area contributed by atoms with E-state index in [9.17, 15) is 0 Å². The van der Waals surface area contributed by atoms with Gasteiger partial charge in [-0.2, -0.15) is 5.10 Å². The highest BCUT2D eigenvalue weighted by atomic mass is 16.5. The molecule has 1 unspecified atom stereocenters. The van der Waals surface area contributed by atoms with E-state index in [4.69, 9.17) is 4.74 Å². The third kappa shape index (κ3) is 4.30. The van der Waals surface area contributed by atoms with Crippen molar-refractivity contribution in [3.05, 3.63) is 41.5 Å². The number of aryl methyl sites for hydroxylation is 2. The zero-order chi connectivity index (χ0) is 21.0. The first-order chi connectivity index (χ1) is 14.7. The van der Waals surface area contributed by atoms with Crippen LogP contribution in [0.25, 0.3) is 0 Å². The molecule has 7 nitrogen and oxygen atoms in total. The molecule has 2 N–H and O–H groups in total. The number of aromatic nitrogens is 3. The van der Waals surface area contributed by atoms with Crippen molar-refractivity contribution in [2.24, 2.45) is 4.99 Å². The van der Waals surface area contributed by atoms with Gasteiger partial charge in [-0.1, -0.05) is 31.9 Å². The van der Waals surface area contributed by atoms with Gasteiger partial charge in [0.2, 0.25) is 0 Å². The molecule has 30 heavy (non-hydrogen) atoms. The van der Waals surface area contributed by atoms with Crippen LogP contribution in [0.5, 0.6) is 5.75 Å². The topological polar surface area (TPSA) is 76.4 Å². The molecule has 0 amide bonds. The Bertz CT molecular complexity index is 884. The second-order valence-corrected chi connectivity index (χ2v) is 8.51. The van der Waals surface area contributed by atoms with Crippen molar-refractivity contribution >= 4 is 5.96 Å². The predicted octanol–water partition coefficient (Wildman–Crippen LogP) is 2.84. The number of fused-ring (bicyclic) bond motifs is 1. The molecule has 0 radical (unpaired) electrons. The van der Waals surface area contributed by atoms with Crippen molar-refractivity contribution < 1.29 is 4.74 Å². The van der Waals surface area contributed by atoms with Gasteiger partial charge in [-0.3, -0.25) is 4.99 Å². The number of benzene rings is 1. The number of guanidine groups is 1. The molecule has 1 aliphatic heterocycles. The number of nitrogens with zero attached hydrogens (tertiary/aromatic N) is 4. The highest BCUT2D eigenvalue weighted by Crippen LogP contribution is 2.41. The second kappa shape index (κ2) is 9.06. The SMILES string of the molecule is CCc1nc2n(n1)CC(NC(=NC)NCC1(c3cccc(OC)c3)CCCC1)CC2. The zero-order valence-corrected chi connectivity index (χ0v) is 18.4. The molecule has 0 saturated heterocycles. The average molecular weight is 411 g/mol. The Hall–Kier alpha value is -2.57. The van der Waals surface area contributed by atoms with E-state index in [-0.39, 0.29) is 5.41 Å². The van der Waals surface area contributed by atoms with Crippen LogP contribution in [-0.4, -0.2) is 47.5 Å². The van der Waals surface area contributed by atoms with Crippen molar-refractivity contribution in [2.45, 2.75) is 69.9 Å². The normalized spacial score (nSPS) is 20.6. The number of methoxy groups -OCH3 is 1. The largest absolute Gasteiger partial charge is 0.497 e. The molecule has 1 atom stereocenters. The van der Waals surface area contributed by atoms with Crippen LogP contribution in [0.1, 0.15) is 56.2 Å². The lowest BCUT2D eigenvalue weighted by molar-refractivity contribution is 0.385. The minimum absolute atomic E-state index is 0.133. The zero-order valence-electron chi connectivity index (χ0n) is 18.4. The van der Waals surface area contributed by atoms with E-state index in [0.29, 0.717) is 6.04 Å². The van der Waals surface area contributed by atoms with Gasteiger partial charge < -0.3 is 15.4 Å². The van der Waals surface area contributed by atoms with E-state index in [0.717, 1.165) is 55.7 Å². The fourth-order valence-electron chi connectivity index (χ4n) is 4.84. The summed E-state index contributed by atoms with van der Waals surface area (Å²) in [5.41, 5.74) is 1.49. The van der Waals surface area contributed by atoms with E-state index < -0.39 is 0 Å². The van der Waals surface area contributed by atoms with Crippen LogP contribution in [0.4, 0.5) is 0 Å². The molecule has 1 aromatic carbocycles. The van der Waals surface area contributed by atoms with Gasteiger partial charge >= 0.3 is 0 Å². The summed E-state index contributed by atoms with van der Waals surface area (Å²) in [6, 6.07) is 8.87. The summed E-state index contributed by atoms with van der Waals surface area (Å²) in [5, 5.41) is 11.9. The Morgan fingerprint density at radius 3 is 2.90 bits per heavy atom. The molecular formula is C23H34N6O. The summed E-state index contributed by atoms with van der Waals surface area (Å²) in [4.78, 5) is 9.12. The summed E-state index contributed by atoms with van der Waals surface area (Å²) in [5.74, 6) is 3.84. The fraction of sp³-hybridized carbons (Fsp3) is 0.609. The number of hydrogen-bond donors (Lipinski definition) is 2. The van der Waals surface area contributed by atoms with Gasteiger partial charge in [0.1, 0.15) is 11.6 Å². The summed E-state index contributed by atoms with van der Waals surface area (Å²) >= 11 is 0. The van der Waals surface area contributed by atoms with E-state index in [2.05, 4.69) is 55.5 Å².